The highest BCUT2D eigenvalue weighted by Gasteiger charge is 2.05. The second kappa shape index (κ2) is 14.5. The third-order valence-corrected chi connectivity index (χ3v) is 3.61. The number of allylic oxidation sites excluding steroid dienone is 5. The summed E-state index contributed by atoms with van der Waals surface area (Å²) in [6.45, 7) is 12.4. The predicted molar refractivity (Wildman–Crippen MR) is 102 cm³/mol. The Morgan fingerprint density at radius 3 is 2.57 bits per heavy atom. The van der Waals surface area contributed by atoms with E-state index in [9.17, 15) is 0 Å². The van der Waals surface area contributed by atoms with Gasteiger partial charge in [0.1, 0.15) is 0 Å². The average molecular weight is 321 g/mol. The van der Waals surface area contributed by atoms with E-state index in [0.717, 1.165) is 32.5 Å². The first-order chi connectivity index (χ1) is 11.0. The SMILES string of the molecule is C/C=C(\C)CC(C)/C=C(C)\C=C\C1CC=CCO1.CCCOC. The van der Waals surface area contributed by atoms with Gasteiger partial charge in [0.15, 0.2) is 0 Å². The van der Waals surface area contributed by atoms with E-state index in [4.69, 9.17) is 9.47 Å². The molecule has 0 radical (unpaired) electrons. The van der Waals surface area contributed by atoms with Crippen molar-refractivity contribution in [1.82, 2.24) is 0 Å². The quantitative estimate of drug-likeness (QED) is 0.431. The van der Waals surface area contributed by atoms with Crippen molar-refractivity contribution in [1.29, 1.82) is 0 Å². The molecule has 23 heavy (non-hydrogen) atoms. The second-order valence-corrected chi connectivity index (χ2v) is 6.16. The van der Waals surface area contributed by atoms with Gasteiger partial charge in [0, 0.05) is 13.7 Å². The number of methoxy groups -OCH3 is 1. The molecule has 0 N–H and O–H groups in total. The molecule has 0 aliphatic carbocycles. The van der Waals surface area contributed by atoms with E-state index in [2.05, 4.69) is 71.1 Å². The van der Waals surface area contributed by atoms with Crippen LogP contribution in [-0.4, -0.2) is 26.4 Å². The lowest BCUT2D eigenvalue weighted by Gasteiger charge is -2.14. The zero-order valence-corrected chi connectivity index (χ0v) is 16.0. The molecule has 1 heterocycles. The molecule has 0 bridgehead atoms. The third kappa shape index (κ3) is 13.1. The molecule has 1 aliphatic heterocycles. The van der Waals surface area contributed by atoms with Gasteiger partial charge < -0.3 is 9.47 Å². The zero-order valence-electron chi connectivity index (χ0n) is 16.0. The van der Waals surface area contributed by atoms with Crippen LogP contribution >= 0.6 is 0 Å². The fourth-order valence-electron chi connectivity index (χ4n) is 2.33. The molecule has 0 fully saturated rings. The van der Waals surface area contributed by atoms with Crippen molar-refractivity contribution in [2.45, 2.75) is 60.0 Å². The normalized spacial score (nSPS) is 20.3. The second-order valence-electron chi connectivity index (χ2n) is 6.16. The third-order valence-electron chi connectivity index (χ3n) is 3.61. The van der Waals surface area contributed by atoms with E-state index in [1.807, 2.05) is 0 Å². The molecule has 0 aromatic rings. The highest BCUT2D eigenvalue weighted by Crippen LogP contribution is 2.15. The van der Waals surface area contributed by atoms with Gasteiger partial charge in [-0.2, -0.15) is 0 Å². The number of hydrogen-bond donors (Lipinski definition) is 0. The minimum atomic E-state index is 0.255. The van der Waals surface area contributed by atoms with Crippen LogP contribution in [0.25, 0.3) is 0 Å². The molecule has 0 aromatic carbocycles. The molecule has 2 nitrogen and oxygen atoms in total. The van der Waals surface area contributed by atoms with E-state index in [1.165, 1.54) is 11.1 Å². The van der Waals surface area contributed by atoms with Crippen molar-refractivity contribution in [3.05, 3.63) is 47.6 Å². The van der Waals surface area contributed by atoms with Gasteiger partial charge in [-0.15, -0.1) is 0 Å². The lowest BCUT2D eigenvalue weighted by atomic mass is 9.99. The maximum absolute atomic E-state index is 5.61. The predicted octanol–water partition coefficient (Wildman–Crippen LogP) is 5.87. The van der Waals surface area contributed by atoms with Crippen LogP contribution < -0.4 is 0 Å². The standard InChI is InChI=1S/C17H26O.C4H10O/c1-5-14(2)12-16(4)13-15(3)9-10-17-8-6-7-11-18-17;1-3-4-5-2/h5-7,9-10,13,16-17H,8,11-12H2,1-4H3;3-4H2,1-2H3/b10-9+,14-5+,15-13-;. The summed E-state index contributed by atoms with van der Waals surface area (Å²) in [6, 6.07) is 0. The molecule has 0 spiro atoms. The van der Waals surface area contributed by atoms with E-state index >= 15 is 0 Å². The Bertz CT molecular complexity index is 400. The maximum atomic E-state index is 5.61. The van der Waals surface area contributed by atoms with Gasteiger partial charge >= 0.3 is 0 Å². The summed E-state index contributed by atoms with van der Waals surface area (Å²) in [6.07, 6.45) is 16.7. The van der Waals surface area contributed by atoms with Gasteiger partial charge in [0.25, 0.3) is 0 Å². The lowest BCUT2D eigenvalue weighted by Crippen LogP contribution is -2.12. The summed E-state index contributed by atoms with van der Waals surface area (Å²) in [5.41, 5.74) is 2.78. The van der Waals surface area contributed by atoms with Crippen molar-refractivity contribution in [2.24, 2.45) is 5.92 Å². The van der Waals surface area contributed by atoms with Crippen LogP contribution in [0, 0.1) is 5.92 Å². The Morgan fingerprint density at radius 1 is 1.35 bits per heavy atom. The van der Waals surface area contributed by atoms with E-state index in [-0.39, 0.29) is 6.10 Å². The minimum Gasteiger partial charge on any atom is -0.385 e. The van der Waals surface area contributed by atoms with Crippen molar-refractivity contribution in [3.63, 3.8) is 0 Å². The Kier molecular flexibility index (Phi) is 13.8. The lowest BCUT2D eigenvalue weighted by molar-refractivity contribution is 0.102. The fraction of sp³-hybridized carbons (Fsp3) is 0.619. The summed E-state index contributed by atoms with van der Waals surface area (Å²) in [5, 5.41) is 0. The van der Waals surface area contributed by atoms with Crippen molar-refractivity contribution >= 4 is 0 Å². The molecule has 2 heteroatoms. The average Bonchev–Trinajstić information content (AvgIpc) is 2.55. The minimum absolute atomic E-state index is 0.255. The van der Waals surface area contributed by atoms with Crippen LogP contribution in [-0.2, 0) is 9.47 Å². The largest absolute Gasteiger partial charge is 0.385 e. The van der Waals surface area contributed by atoms with Crippen molar-refractivity contribution < 1.29 is 9.47 Å². The molecule has 0 aromatic heterocycles. The molecule has 0 saturated carbocycles. The van der Waals surface area contributed by atoms with Crippen LogP contribution in [0.1, 0.15) is 53.9 Å². The van der Waals surface area contributed by atoms with Crippen LogP contribution in [0.5, 0.6) is 0 Å². The molecule has 0 amide bonds. The van der Waals surface area contributed by atoms with Gasteiger partial charge in [-0.3, -0.25) is 0 Å². The van der Waals surface area contributed by atoms with E-state index in [1.54, 1.807) is 7.11 Å². The van der Waals surface area contributed by atoms with E-state index in [0.29, 0.717) is 5.92 Å². The first kappa shape index (κ1) is 21.9. The highest BCUT2D eigenvalue weighted by molar-refractivity contribution is 5.19. The summed E-state index contributed by atoms with van der Waals surface area (Å²) in [7, 11) is 1.71. The zero-order chi connectivity index (χ0) is 17.5. The smallest absolute Gasteiger partial charge is 0.0797 e. The molecule has 2 atom stereocenters. The van der Waals surface area contributed by atoms with Gasteiger partial charge in [-0.05, 0) is 46.0 Å². The summed E-state index contributed by atoms with van der Waals surface area (Å²) >= 11 is 0. The molecule has 132 valence electrons. The van der Waals surface area contributed by atoms with Crippen molar-refractivity contribution in [3.8, 4) is 0 Å². The Balaban J connectivity index is 0.000000841. The molecular weight excluding hydrogens is 284 g/mol. The molecule has 2 unspecified atom stereocenters. The van der Waals surface area contributed by atoms with Crippen LogP contribution in [0.3, 0.4) is 0 Å². The summed E-state index contributed by atoms with van der Waals surface area (Å²) in [4.78, 5) is 0. The monoisotopic (exact) mass is 320 g/mol. The molecule has 1 aliphatic rings. The highest BCUT2D eigenvalue weighted by atomic mass is 16.5. The Morgan fingerprint density at radius 2 is 2.09 bits per heavy atom. The number of rotatable bonds is 7. The van der Waals surface area contributed by atoms with Gasteiger partial charge in [-0.25, -0.2) is 0 Å². The molecule has 1 rings (SSSR count). The topological polar surface area (TPSA) is 18.5 Å². The fourth-order valence-corrected chi connectivity index (χ4v) is 2.33. The van der Waals surface area contributed by atoms with Crippen LogP contribution in [0.4, 0.5) is 0 Å². The Hall–Kier alpha value is -1.12. The molecule has 0 saturated heterocycles. The first-order valence-electron chi connectivity index (χ1n) is 8.77. The maximum Gasteiger partial charge on any atom is 0.0797 e. The molecular formula is C21H36O2. The van der Waals surface area contributed by atoms with Gasteiger partial charge in [0.05, 0.1) is 12.7 Å². The van der Waals surface area contributed by atoms with Gasteiger partial charge in [0.2, 0.25) is 0 Å². The van der Waals surface area contributed by atoms with Crippen LogP contribution in [0.15, 0.2) is 47.6 Å². The number of hydrogen-bond acceptors (Lipinski definition) is 2. The first-order valence-corrected chi connectivity index (χ1v) is 8.77. The summed E-state index contributed by atoms with van der Waals surface area (Å²) < 4.78 is 10.3. The summed E-state index contributed by atoms with van der Waals surface area (Å²) in [5.74, 6) is 0.595. The van der Waals surface area contributed by atoms with Crippen LogP contribution in [0.2, 0.25) is 0 Å². The van der Waals surface area contributed by atoms with Gasteiger partial charge in [-0.1, -0.05) is 61.4 Å². The number of ether oxygens (including phenoxy) is 2. The van der Waals surface area contributed by atoms with Crippen molar-refractivity contribution in [2.75, 3.05) is 20.3 Å². The van der Waals surface area contributed by atoms with E-state index < -0.39 is 0 Å². The Labute approximate surface area is 144 Å².